The molecular formula is C7H12N4O. The third kappa shape index (κ3) is 1.40. The number of piperidine rings is 1. The number of nitrogens with zero attached hydrogens (tertiary/aromatic N) is 2. The van der Waals surface area contributed by atoms with E-state index in [-0.39, 0.29) is 5.95 Å². The highest BCUT2D eigenvalue weighted by Crippen LogP contribution is 2.21. The van der Waals surface area contributed by atoms with Gasteiger partial charge in [0.05, 0.1) is 5.92 Å². The van der Waals surface area contributed by atoms with E-state index in [0.717, 1.165) is 25.9 Å². The van der Waals surface area contributed by atoms with Crippen molar-refractivity contribution in [2.24, 2.45) is 0 Å². The van der Waals surface area contributed by atoms with E-state index in [1.807, 2.05) is 0 Å². The Hall–Kier alpha value is -1.10. The van der Waals surface area contributed by atoms with Crippen molar-refractivity contribution in [1.29, 1.82) is 0 Å². The molecule has 2 heterocycles. The summed E-state index contributed by atoms with van der Waals surface area (Å²) >= 11 is 0. The van der Waals surface area contributed by atoms with E-state index < -0.39 is 0 Å². The molecule has 0 bridgehead atoms. The summed E-state index contributed by atoms with van der Waals surface area (Å²) in [5.74, 6) is 1.25. The van der Waals surface area contributed by atoms with Crippen molar-refractivity contribution in [2.75, 3.05) is 18.8 Å². The normalized spacial score (nSPS) is 24.2. The van der Waals surface area contributed by atoms with Crippen molar-refractivity contribution in [1.82, 2.24) is 15.5 Å². The zero-order chi connectivity index (χ0) is 8.39. The molecule has 0 unspecified atom stereocenters. The number of nitrogen functional groups attached to an aromatic ring is 1. The lowest BCUT2D eigenvalue weighted by Gasteiger charge is -2.18. The summed E-state index contributed by atoms with van der Waals surface area (Å²) < 4.78 is 4.98. The Balaban J connectivity index is 2.08. The smallest absolute Gasteiger partial charge is 0.260 e. The maximum atomic E-state index is 5.35. The number of aromatic nitrogens is 2. The number of anilines is 1. The van der Waals surface area contributed by atoms with Crippen LogP contribution in [0.25, 0.3) is 0 Å². The fraction of sp³-hybridized carbons (Fsp3) is 0.714. The van der Waals surface area contributed by atoms with E-state index in [1.165, 1.54) is 0 Å². The minimum Gasteiger partial charge on any atom is -0.365 e. The molecule has 1 fully saturated rings. The quantitative estimate of drug-likeness (QED) is 0.622. The van der Waals surface area contributed by atoms with Crippen molar-refractivity contribution in [3.05, 3.63) is 5.89 Å². The molecule has 1 aromatic heterocycles. The lowest BCUT2D eigenvalue weighted by Crippen LogP contribution is -2.28. The predicted molar refractivity (Wildman–Crippen MR) is 43.6 cm³/mol. The molecule has 0 radical (unpaired) electrons. The average Bonchev–Trinajstić information content (AvgIpc) is 2.54. The second kappa shape index (κ2) is 3.10. The maximum absolute atomic E-state index is 5.35. The average molecular weight is 168 g/mol. The lowest BCUT2D eigenvalue weighted by atomic mass is 10.00. The van der Waals surface area contributed by atoms with Gasteiger partial charge in [-0.05, 0) is 24.5 Å². The summed E-state index contributed by atoms with van der Waals surface area (Å²) in [5.41, 5.74) is 5.35. The molecule has 0 amide bonds. The fourth-order valence-corrected chi connectivity index (χ4v) is 1.48. The van der Waals surface area contributed by atoms with Crippen LogP contribution in [0.2, 0.25) is 0 Å². The van der Waals surface area contributed by atoms with Gasteiger partial charge in [0, 0.05) is 6.54 Å². The van der Waals surface area contributed by atoms with Crippen molar-refractivity contribution in [3.8, 4) is 0 Å². The van der Waals surface area contributed by atoms with Gasteiger partial charge in [0.25, 0.3) is 5.95 Å². The van der Waals surface area contributed by atoms with E-state index in [9.17, 15) is 0 Å². The van der Waals surface area contributed by atoms with E-state index >= 15 is 0 Å². The Bertz CT molecular complexity index is 254. The summed E-state index contributed by atoms with van der Waals surface area (Å²) in [5, 5.41) is 6.83. The van der Waals surface area contributed by atoms with Gasteiger partial charge in [-0.2, -0.15) is 4.98 Å². The summed E-state index contributed by atoms with van der Waals surface area (Å²) in [6.07, 6.45) is 2.27. The highest BCUT2D eigenvalue weighted by molar-refractivity contribution is 5.12. The molecule has 1 aliphatic rings. The van der Waals surface area contributed by atoms with Gasteiger partial charge in [0.1, 0.15) is 0 Å². The first kappa shape index (κ1) is 7.54. The van der Waals surface area contributed by atoms with Crippen LogP contribution in [0.4, 0.5) is 5.95 Å². The van der Waals surface area contributed by atoms with Crippen LogP contribution in [0.3, 0.4) is 0 Å². The number of nitrogens with one attached hydrogen (secondary N) is 1. The highest BCUT2D eigenvalue weighted by Gasteiger charge is 2.20. The molecule has 0 spiro atoms. The highest BCUT2D eigenvalue weighted by atomic mass is 16.5. The van der Waals surface area contributed by atoms with Crippen LogP contribution in [-0.2, 0) is 0 Å². The van der Waals surface area contributed by atoms with Crippen molar-refractivity contribution >= 4 is 5.95 Å². The Morgan fingerprint density at radius 1 is 1.58 bits per heavy atom. The Morgan fingerprint density at radius 2 is 2.50 bits per heavy atom. The fourth-order valence-electron chi connectivity index (χ4n) is 1.48. The minimum atomic E-state index is 0.232. The van der Waals surface area contributed by atoms with Gasteiger partial charge in [-0.15, -0.1) is 0 Å². The van der Waals surface area contributed by atoms with Crippen molar-refractivity contribution in [3.63, 3.8) is 0 Å². The van der Waals surface area contributed by atoms with Gasteiger partial charge < -0.3 is 15.6 Å². The Kier molecular flexibility index (Phi) is 1.95. The van der Waals surface area contributed by atoms with Gasteiger partial charge in [-0.25, -0.2) is 0 Å². The van der Waals surface area contributed by atoms with Crippen LogP contribution >= 0.6 is 0 Å². The maximum Gasteiger partial charge on any atom is 0.260 e. The molecule has 66 valence electrons. The number of hydrogen-bond acceptors (Lipinski definition) is 5. The van der Waals surface area contributed by atoms with Crippen molar-refractivity contribution < 1.29 is 4.52 Å². The summed E-state index contributed by atoms with van der Waals surface area (Å²) in [4.78, 5) is 3.99. The third-order valence-electron chi connectivity index (χ3n) is 2.10. The standard InChI is InChI=1S/C7H12N4O/c8-7-10-6(12-11-7)5-2-1-3-9-4-5/h5,9H,1-4H2,(H2,8,11)/t5-/m1/s1. The predicted octanol–water partition coefficient (Wildman–Crippen LogP) is 0.119. The van der Waals surface area contributed by atoms with Crippen LogP contribution < -0.4 is 11.1 Å². The van der Waals surface area contributed by atoms with Gasteiger partial charge in [-0.1, -0.05) is 0 Å². The number of rotatable bonds is 1. The second-order valence-electron chi connectivity index (χ2n) is 3.03. The number of nitrogens with two attached hydrogens (primary N) is 1. The van der Waals surface area contributed by atoms with Crippen molar-refractivity contribution in [2.45, 2.75) is 18.8 Å². The van der Waals surface area contributed by atoms with E-state index in [2.05, 4.69) is 15.5 Å². The second-order valence-corrected chi connectivity index (χ2v) is 3.03. The van der Waals surface area contributed by atoms with E-state index in [1.54, 1.807) is 0 Å². The van der Waals surface area contributed by atoms with E-state index in [4.69, 9.17) is 10.3 Å². The first-order valence-corrected chi connectivity index (χ1v) is 4.16. The van der Waals surface area contributed by atoms with E-state index in [0.29, 0.717) is 11.8 Å². The summed E-state index contributed by atoms with van der Waals surface area (Å²) in [6.45, 7) is 2.00. The topological polar surface area (TPSA) is 77.0 Å². The molecule has 2 rings (SSSR count). The molecule has 0 aliphatic carbocycles. The summed E-state index contributed by atoms with van der Waals surface area (Å²) in [7, 11) is 0. The molecule has 5 nitrogen and oxygen atoms in total. The van der Waals surface area contributed by atoms with Crippen LogP contribution in [0.1, 0.15) is 24.7 Å². The monoisotopic (exact) mass is 168 g/mol. The lowest BCUT2D eigenvalue weighted by molar-refractivity contribution is 0.322. The molecule has 1 saturated heterocycles. The molecule has 12 heavy (non-hydrogen) atoms. The van der Waals surface area contributed by atoms with Crippen LogP contribution in [-0.4, -0.2) is 23.2 Å². The molecule has 3 N–H and O–H groups in total. The van der Waals surface area contributed by atoms with Crippen LogP contribution in [0, 0.1) is 0 Å². The first-order chi connectivity index (χ1) is 5.86. The van der Waals surface area contributed by atoms with Gasteiger partial charge in [0.15, 0.2) is 0 Å². The molecular weight excluding hydrogens is 156 g/mol. The van der Waals surface area contributed by atoms with Crippen LogP contribution in [0.5, 0.6) is 0 Å². The first-order valence-electron chi connectivity index (χ1n) is 4.16. The Labute approximate surface area is 70.3 Å². The molecule has 1 atom stereocenters. The van der Waals surface area contributed by atoms with Gasteiger partial charge in [0.2, 0.25) is 5.89 Å². The van der Waals surface area contributed by atoms with Gasteiger partial charge in [-0.3, -0.25) is 0 Å². The molecule has 5 heteroatoms. The number of hydrogen-bond donors (Lipinski definition) is 2. The van der Waals surface area contributed by atoms with Gasteiger partial charge >= 0.3 is 0 Å². The largest absolute Gasteiger partial charge is 0.365 e. The summed E-state index contributed by atoms with van der Waals surface area (Å²) in [6, 6.07) is 0. The molecule has 0 saturated carbocycles. The zero-order valence-electron chi connectivity index (χ0n) is 6.79. The Morgan fingerprint density at radius 3 is 3.08 bits per heavy atom. The molecule has 1 aliphatic heterocycles. The van der Waals surface area contributed by atoms with Crippen LogP contribution in [0.15, 0.2) is 4.52 Å². The zero-order valence-corrected chi connectivity index (χ0v) is 6.79. The third-order valence-corrected chi connectivity index (χ3v) is 2.10. The SMILES string of the molecule is Nc1noc([C@@H]2CCCNC2)n1. The minimum absolute atomic E-state index is 0.232. The molecule has 0 aromatic carbocycles. The molecule has 1 aromatic rings.